The van der Waals surface area contributed by atoms with Crippen LogP contribution in [0.2, 0.25) is 0 Å². The van der Waals surface area contributed by atoms with Crippen molar-refractivity contribution in [3.05, 3.63) is 35.9 Å². The first kappa shape index (κ1) is 9.26. The van der Waals surface area contributed by atoms with Crippen molar-refractivity contribution >= 4 is 11.7 Å². The average Bonchev–Trinajstić information content (AvgIpc) is 2.65. The fraction of sp³-hybridized carbons (Fsp3) is 0. The molecule has 2 rings (SSSR count). The van der Waals surface area contributed by atoms with Crippen molar-refractivity contribution in [2.45, 2.75) is 0 Å². The summed E-state index contributed by atoms with van der Waals surface area (Å²) < 4.78 is 4.96. The van der Waals surface area contributed by atoms with Gasteiger partial charge in [-0.1, -0.05) is 17.3 Å². The molecule has 1 aromatic heterocycles. The van der Waals surface area contributed by atoms with E-state index in [0.717, 1.165) is 5.56 Å². The van der Waals surface area contributed by atoms with Crippen LogP contribution in [-0.4, -0.2) is 11.1 Å². The summed E-state index contributed by atoms with van der Waals surface area (Å²) >= 11 is 0. The summed E-state index contributed by atoms with van der Waals surface area (Å²) in [6.07, 6.45) is 0. The van der Waals surface area contributed by atoms with Gasteiger partial charge in [-0.25, -0.2) is 0 Å². The van der Waals surface area contributed by atoms with E-state index in [1.165, 1.54) is 0 Å². The Balaban J connectivity index is 2.35. The molecule has 0 aliphatic rings. The minimum atomic E-state index is -0.460. The van der Waals surface area contributed by atoms with Gasteiger partial charge in [0.25, 0.3) is 0 Å². The molecule has 0 aliphatic carbocycles. The number of nitrogen functional groups attached to an aromatic ring is 1. The molecule has 1 heterocycles. The van der Waals surface area contributed by atoms with Gasteiger partial charge >= 0.3 is 0 Å². The maximum absolute atomic E-state index is 10.8. The molecule has 15 heavy (non-hydrogen) atoms. The highest BCUT2D eigenvalue weighted by Crippen LogP contribution is 2.21. The normalized spacial score (nSPS) is 10.1. The molecule has 0 unspecified atom stereocenters. The van der Waals surface area contributed by atoms with E-state index in [1.807, 2.05) is 0 Å². The van der Waals surface area contributed by atoms with Gasteiger partial charge in [0, 0.05) is 17.2 Å². The van der Waals surface area contributed by atoms with Crippen LogP contribution in [0.1, 0.15) is 10.4 Å². The molecule has 0 fully saturated rings. The summed E-state index contributed by atoms with van der Waals surface area (Å²) in [5.41, 5.74) is 11.8. The minimum Gasteiger partial charge on any atom is -0.381 e. The topological polar surface area (TPSA) is 95.1 Å². The molecular weight excluding hydrogens is 194 g/mol. The number of carbonyl (C=O) groups is 1. The van der Waals surface area contributed by atoms with E-state index in [4.69, 9.17) is 16.0 Å². The Kier molecular flexibility index (Phi) is 2.13. The highest BCUT2D eigenvalue weighted by atomic mass is 16.5. The van der Waals surface area contributed by atoms with E-state index in [9.17, 15) is 4.79 Å². The quantitative estimate of drug-likeness (QED) is 0.761. The summed E-state index contributed by atoms with van der Waals surface area (Å²) in [6.45, 7) is 0. The predicted molar refractivity (Wildman–Crippen MR) is 54.9 cm³/mol. The molecule has 5 heteroatoms. The van der Waals surface area contributed by atoms with Crippen molar-refractivity contribution in [2.24, 2.45) is 5.73 Å². The number of rotatable bonds is 2. The van der Waals surface area contributed by atoms with Gasteiger partial charge in [-0.05, 0) is 12.1 Å². The molecule has 1 amide bonds. The monoisotopic (exact) mass is 203 g/mol. The van der Waals surface area contributed by atoms with Crippen LogP contribution in [0.3, 0.4) is 0 Å². The number of benzene rings is 1. The molecule has 0 spiro atoms. The predicted octanol–water partition coefficient (Wildman–Crippen LogP) is 1.02. The summed E-state index contributed by atoms with van der Waals surface area (Å²) in [5.74, 6) is 0.422. The number of hydrogen-bond donors (Lipinski definition) is 2. The van der Waals surface area contributed by atoms with Gasteiger partial charge in [-0.3, -0.25) is 4.79 Å². The Bertz CT molecular complexity index is 488. The fourth-order valence-electron chi connectivity index (χ4n) is 1.22. The molecule has 0 radical (unpaired) electrons. The number of primary amides is 1. The molecule has 5 nitrogen and oxygen atoms in total. The summed E-state index contributed by atoms with van der Waals surface area (Å²) in [5, 5.41) is 3.56. The first-order chi connectivity index (χ1) is 7.16. The zero-order valence-electron chi connectivity index (χ0n) is 7.81. The first-order valence-corrected chi connectivity index (χ1v) is 4.29. The van der Waals surface area contributed by atoms with Crippen LogP contribution in [-0.2, 0) is 0 Å². The van der Waals surface area contributed by atoms with E-state index >= 15 is 0 Å². The van der Waals surface area contributed by atoms with Gasteiger partial charge in [0.05, 0.1) is 0 Å². The third-order valence-corrected chi connectivity index (χ3v) is 1.98. The van der Waals surface area contributed by atoms with Crippen molar-refractivity contribution in [1.82, 2.24) is 5.16 Å². The second-order valence-corrected chi connectivity index (χ2v) is 3.06. The van der Waals surface area contributed by atoms with Crippen molar-refractivity contribution in [3.8, 4) is 11.3 Å². The number of anilines is 1. The molecule has 2 aromatic rings. The van der Waals surface area contributed by atoms with Gasteiger partial charge in [0.2, 0.25) is 5.91 Å². The molecule has 0 saturated heterocycles. The van der Waals surface area contributed by atoms with Crippen molar-refractivity contribution < 1.29 is 9.32 Å². The van der Waals surface area contributed by atoms with E-state index in [2.05, 4.69) is 5.16 Å². The fourth-order valence-corrected chi connectivity index (χ4v) is 1.22. The van der Waals surface area contributed by atoms with Crippen LogP contribution in [0.15, 0.2) is 34.9 Å². The molecule has 0 atom stereocenters. The molecule has 0 bridgehead atoms. The maximum atomic E-state index is 10.8. The van der Waals surface area contributed by atoms with Crippen molar-refractivity contribution in [3.63, 3.8) is 0 Å². The molecular formula is C10H9N3O2. The van der Waals surface area contributed by atoms with E-state index < -0.39 is 5.91 Å². The Morgan fingerprint density at radius 1 is 1.27 bits per heavy atom. The largest absolute Gasteiger partial charge is 0.381 e. The summed E-state index contributed by atoms with van der Waals surface area (Å²) in [7, 11) is 0. The summed E-state index contributed by atoms with van der Waals surface area (Å²) in [6, 6.07) is 8.30. The Morgan fingerprint density at radius 3 is 2.40 bits per heavy atom. The van der Waals surface area contributed by atoms with Crippen LogP contribution < -0.4 is 11.5 Å². The van der Waals surface area contributed by atoms with E-state index in [1.54, 1.807) is 30.3 Å². The number of hydrogen-bond acceptors (Lipinski definition) is 4. The smallest absolute Gasteiger partial charge is 0.248 e. The van der Waals surface area contributed by atoms with Crippen LogP contribution in [0.4, 0.5) is 5.82 Å². The second-order valence-electron chi connectivity index (χ2n) is 3.06. The Morgan fingerprint density at radius 2 is 1.93 bits per heavy atom. The standard InChI is InChI=1S/C10H9N3O2/c11-9-5-8(15-13-9)6-1-3-7(4-2-6)10(12)14/h1-5H,(H2,11,13)(H2,12,14). The second kappa shape index (κ2) is 3.45. The number of aromatic nitrogens is 1. The highest BCUT2D eigenvalue weighted by molar-refractivity contribution is 5.93. The van der Waals surface area contributed by atoms with Crippen LogP contribution in [0, 0.1) is 0 Å². The lowest BCUT2D eigenvalue weighted by atomic mass is 10.1. The van der Waals surface area contributed by atoms with Crippen molar-refractivity contribution in [2.75, 3.05) is 5.73 Å². The van der Waals surface area contributed by atoms with Gasteiger partial charge in [-0.2, -0.15) is 0 Å². The Hall–Kier alpha value is -2.30. The van der Waals surface area contributed by atoms with Crippen LogP contribution in [0.25, 0.3) is 11.3 Å². The lowest BCUT2D eigenvalue weighted by molar-refractivity contribution is 0.100. The van der Waals surface area contributed by atoms with E-state index in [0.29, 0.717) is 17.1 Å². The molecule has 0 saturated carbocycles. The lowest BCUT2D eigenvalue weighted by Gasteiger charge is -1.97. The van der Waals surface area contributed by atoms with Crippen LogP contribution >= 0.6 is 0 Å². The zero-order chi connectivity index (χ0) is 10.8. The van der Waals surface area contributed by atoms with E-state index in [-0.39, 0.29) is 0 Å². The van der Waals surface area contributed by atoms with Crippen LogP contribution in [0.5, 0.6) is 0 Å². The average molecular weight is 203 g/mol. The van der Waals surface area contributed by atoms with Gasteiger partial charge in [0.1, 0.15) is 0 Å². The third-order valence-electron chi connectivity index (χ3n) is 1.98. The Labute approximate surface area is 85.7 Å². The molecule has 0 aliphatic heterocycles. The third kappa shape index (κ3) is 1.80. The van der Waals surface area contributed by atoms with Gasteiger partial charge < -0.3 is 16.0 Å². The molecule has 76 valence electrons. The molecule has 1 aromatic carbocycles. The summed E-state index contributed by atoms with van der Waals surface area (Å²) in [4.78, 5) is 10.8. The number of carbonyl (C=O) groups excluding carboxylic acids is 1. The highest BCUT2D eigenvalue weighted by Gasteiger charge is 2.05. The zero-order valence-corrected chi connectivity index (χ0v) is 7.81. The minimum absolute atomic E-state index is 0.323. The molecule has 4 N–H and O–H groups in total. The first-order valence-electron chi connectivity index (χ1n) is 4.29. The number of amides is 1. The number of nitrogens with two attached hydrogens (primary N) is 2. The van der Waals surface area contributed by atoms with Gasteiger partial charge in [-0.15, -0.1) is 0 Å². The lowest BCUT2D eigenvalue weighted by Crippen LogP contribution is -2.10. The maximum Gasteiger partial charge on any atom is 0.248 e. The SMILES string of the molecule is NC(=O)c1ccc(-c2cc(N)no2)cc1. The van der Waals surface area contributed by atoms with Crippen molar-refractivity contribution in [1.29, 1.82) is 0 Å². The van der Waals surface area contributed by atoms with Gasteiger partial charge in [0.15, 0.2) is 11.6 Å². The number of nitrogens with zero attached hydrogens (tertiary/aromatic N) is 1.